The van der Waals surface area contributed by atoms with Crippen molar-refractivity contribution in [3.63, 3.8) is 0 Å². The SMILES string of the molecule is CC(C)(C)C(C)(N)n1c2ccccc2c2ccccc21. The first-order valence-corrected chi connectivity index (χ1v) is 7.11. The van der Waals surface area contributed by atoms with E-state index in [-0.39, 0.29) is 5.41 Å². The number of benzene rings is 2. The molecule has 0 aliphatic heterocycles. The second kappa shape index (κ2) is 4.10. The number of nitrogens with two attached hydrogens (primary N) is 1. The van der Waals surface area contributed by atoms with Crippen molar-refractivity contribution in [3.05, 3.63) is 48.5 Å². The Hall–Kier alpha value is -1.80. The summed E-state index contributed by atoms with van der Waals surface area (Å²) in [6.45, 7) is 8.69. The lowest BCUT2D eigenvalue weighted by Gasteiger charge is -2.41. The molecule has 1 heterocycles. The highest BCUT2D eigenvalue weighted by atomic mass is 15.2. The number of nitrogens with zero attached hydrogens (tertiary/aromatic N) is 1. The predicted octanol–water partition coefficient (Wildman–Crippen LogP) is 4.47. The zero-order chi connectivity index (χ0) is 14.5. The Labute approximate surface area is 120 Å². The van der Waals surface area contributed by atoms with Crippen molar-refractivity contribution in [1.82, 2.24) is 4.57 Å². The lowest BCUT2D eigenvalue weighted by atomic mass is 9.82. The van der Waals surface area contributed by atoms with Crippen LogP contribution in [-0.4, -0.2) is 4.57 Å². The summed E-state index contributed by atoms with van der Waals surface area (Å²) in [5, 5.41) is 2.54. The molecule has 0 spiro atoms. The molecule has 104 valence electrons. The largest absolute Gasteiger partial charge is 0.321 e. The minimum Gasteiger partial charge on any atom is -0.321 e. The van der Waals surface area contributed by atoms with Gasteiger partial charge in [-0.1, -0.05) is 57.2 Å². The van der Waals surface area contributed by atoms with Gasteiger partial charge >= 0.3 is 0 Å². The Bertz CT molecular complexity index is 720. The van der Waals surface area contributed by atoms with Gasteiger partial charge in [-0.25, -0.2) is 0 Å². The van der Waals surface area contributed by atoms with Gasteiger partial charge in [-0.3, -0.25) is 0 Å². The summed E-state index contributed by atoms with van der Waals surface area (Å²) in [4.78, 5) is 0. The Balaban J connectivity index is 2.50. The van der Waals surface area contributed by atoms with Gasteiger partial charge in [-0.05, 0) is 24.5 Å². The van der Waals surface area contributed by atoms with Gasteiger partial charge in [0.15, 0.2) is 0 Å². The van der Waals surface area contributed by atoms with E-state index in [2.05, 4.69) is 80.8 Å². The summed E-state index contributed by atoms with van der Waals surface area (Å²) >= 11 is 0. The molecule has 2 aromatic carbocycles. The fourth-order valence-corrected chi connectivity index (χ4v) is 2.76. The molecule has 0 aliphatic rings. The molecule has 2 N–H and O–H groups in total. The number of hydrogen-bond acceptors (Lipinski definition) is 1. The molecule has 0 saturated heterocycles. The van der Waals surface area contributed by atoms with E-state index in [0.29, 0.717) is 0 Å². The van der Waals surface area contributed by atoms with Gasteiger partial charge in [0.05, 0.1) is 16.7 Å². The minimum absolute atomic E-state index is 0.0441. The van der Waals surface area contributed by atoms with Crippen LogP contribution in [0.4, 0.5) is 0 Å². The molecular weight excluding hydrogens is 244 g/mol. The summed E-state index contributed by atoms with van der Waals surface area (Å²) < 4.78 is 2.29. The number of para-hydroxylation sites is 2. The van der Waals surface area contributed by atoms with E-state index in [4.69, 9.17) is 5.73 Å². The molecule has 0 fully saturated rings. The first-order chi connectivity index (χ1) is 9.34. The highest BCUT2D eigenvalue weighted by molar-refractivity contribution is 6.08. The van der Waals surface area contributed by atoms with E-state index >= 15 is 0 Å². The third kappa shape index (κ3) is 1.68. The van der Waals surface area contributed by atoms with Crippen LogP contribution in [0, 0.1) is 5.41 Å². The van der Waals surface area contributed by atoms with Crippen LogP contribution in [0.2, 0.25) is 0 Å². The summed E-state index contributed by atoms with van der Waals surface area (Å²) in [7, 11) is 0. The molecular formula is C18H22N2. The molecule has 0 radical (unpaired) electrons. The molecule has 3 rings (SSSR count). The number of fused-ring (bicyclic) bond motifs is 3. The second-order valence-electron chi connectivity index (χ2n) is 6.77. The average molecular weight is 266 g/mol. The van der Waals surface area contributed by atoms with Gasteiger partial charge in [0.25, 0.3) is 0 Å². The molecule has 0 amide bonds. The second-order valence-corrected chi connectivity index (χ2v) is 6.77. The van der Waals surface area contributed by atoms with Crippen molar-refractivity contribution < 1.29 is 0 Å². The number of hydrogen-bond donors (Lipinski definition) is 1. The van der Waals surface area contributed by atoms with Gasteiger partial charge in [-0.15, -0.1) is 0 Å². The van der Waals surface area contributed by atoms with Gasteiger partial charge in [0, 0.05) is 10.8 Å². The van der Waals surface area contributed by atoms with Crippen LogP contribution < -0.4 is 5.73 Å². The maximum Gasteiger partial charge on any atom is 0.0952 e. The summed E-state index contributed by atoms with van der Waals surface area (Å²) in [5.41, 5.74) is 8.65. The normalized spacial score (nSPS) is 15.7. The molecule has 0 aliphatic carbocycles. The van der Waals surface area contributed by atoms with E-state index in [9.17, 15) is 0 Å². The van der Waals surface area contributed by atoms with Crippen LogP contribution in [0.15, 0.2) is 48.5 Å². The van der Waals surface area contributed by atoms with Crippen LogP contribution in [-0.2, 0) is 5.66 Å². The number of aromatic nitrogens is 1. The molecule has 2 nitrogen and oxygen atoms in total. The maximum absolute atomic E-state index is 6.75. The topological polar surface area (TPSA) is 30.9 Å². The van der Waals surface area contributed by atoms with Gasteiger partial charge in [-0.2, -0.15) is 0 Å². The molecule has 2 heteroatoms. The lowest BCUT2D eigenvalue weighted by molar-refractivity contribution is 0.136. The molecule has 0 saturated carbocycles. The van der Waals surface area contributed by atoms with E-state index in [1.165, 1.54) is 21.8 Å². The molecule has 0 bridgehead atoms. The molecule has 1 atom stereocenters. The Morgan fingerprint density at radius 1 is 0.750 bits per heavy atom. The first-order valence-electron chi connectivity index (χ1n) is 7.11. The van der Waals surface area contributed by atoms with Crippen LogP contribution >= 0.6 is 0 Å². The zero-order valence-corrected chi connectivity index (χ0v) is 12.6. The van der Waals surface area contributed by atoms with Crippen LogP contribution in [0.3, 0.4) is 0 Å². The van der Waals surface area contributed by atoms with Crippen LogP contribution in [0.5, 0.6) is 0 Å². The summed E-state index contributed by atoms with van der Waals surface area (Å²) in [5.74, 6) is 0. The molecule has 1 aromatic heterocycles. The Kier molecular flexibility index (Phi) is 2.70. The fourth-order valence-electron chi connectivity index (χ4n) is 2.76. The van der Waals surface area contributed by atoms with E-state index < -0.39 is 5.66 Å². The van der Waals surface area contributed by atoms with Crippen molar-refractivity contribution in [2.75, 3.05) is 0 Å². The van der Waals surface area contributed by atoms with Gasteiger partial charge in [0.1, 0.15) is 0 Å². The molecule has 20 heavy (non-hydrogen) atoms. The van der Waals surface area contributed by atoms with E-state index in [1.54, 1.807) is 0 Å². The number of rotatable bonds is 1. The Morgan fingerprint density at radius 3 is 1.55 bits per heavy atom. The van der Waals surface area contributed by atoms with Crippen LogP contribution in [0.25, 0.3) is 21.8 Å². The van der Waals surface area contributed by atoms with Crippen molar-refractivity contribution in [3.8, 4) is 0 Å². The first kappa shape index (κ1) is 13.2. The van der Waals surface area contributed by atoms with Crippen molar-refractivity contribution >= 4 is 21.8 Å². The van der Waals surface area contributed by atoms with E-state index in [1.807, 2.05) is 0 Å². The third-order valence-corrected chi connectivity index (χ3v) is 4.56. The van der Waals surface area contributed by atoms with Gasteiger partial charge in [0.2, 0.25) is 0 Å². The average Bonchev–Trinajstić information content (AvgIpc) is 2.72. The summed E-state index contributed by atoms with van der Waals surface area (Å²) in [6, 6.07) is 17.0. The smallest absolute Gasteiger partial charge is 0.0952 e. The maximum atomic E-state index is 6.75. The van der Waals surface area contributed by atoms with Crippen molar-refractivity contribution in [1.29, 1.82) is 0 Å². The van der Waals surface area contributed by atoms with Gasteiger partial charge < -0.3 is 10.3 Å². The van der Waals surface area contributed by atoms with Crippen molar-refractivity contribution in [2.45, 2.75) is 33.4 Å². The minimum atomic E-state index is -0.463. The monoisotopic (exact) mass is 266 g/mol. The van der Waals surface area contributed by atoms with E-state index in [0.717, 1.165) is 0 Å². The zero-order valence-electron chi connectivity index (χ0n) is 12.6. The summed E-state index contributed by atoms with van der Waals surface area (Å²) in [6.07, 6.45) is 0. The lowest BCUT2D eigenvalue weighted by Crippen LogP contribution is -2.50. The molecule has 1 unspecified atom stereocenters. The predicted molar refractivity (Wildman–Crippen MR) is 86.7 cm³/mol. The third-order valence-electron chi connectivity index (χ3n) is 4.56. The fraction of sp³-hybridized carbons (Fsp3) is 0.333. The highest BCUT2D eigenvalue weighted by Gasteiger charge is 2.37. The Morgan fingerprint density at radius 2 is 1.15 bits per heavy atom. The quantitative estimate of drug-likeness (QED) is 0.692. The highest BCUT2D eigenvalue weighted by Crippen LogP contribution is 2.39. The van der Waals surface area contributed by atoms with Crippen molar-refractivity contribution in [2.24, 2.45) is 11.1 Å². The standard InChI is InChI=1S/C18H22N2/c1-17(2,3)18(4,19)20-15-11-7-5-9-13(15)14-10-6-8-12-16(14)20/h5-12H,19H2,1-4H3. The molecule has 3 aromatic rings. The van der Waals surface area contributed by atoms with Crippen LogP contribution in [0.1, 0.15) is 27.7 Å².